The molecule has 7 nitrogen and oxygen atoms in total. The SMILES string of the molecule is CCCC[C@H](NC(=O)NC(C(=O)OC)C(C)C)C(=O)O. The molecular weight excluding hydrogens is 264 g/mol. The minimum absolute atomic E-state index is 0.160. The van der Waals surface area contributed by atoms with Gasteiger partial charge in [-0.05, 0) is 12.3 Å². The molecule has 0 rings (SSSR count). The first kappa shape index (κ1) is 18.2. The van der Waals surface area contributed by atoms with E-state index < -0.39 is 30.1 Å². The Labute approximate surface area is 119 Å². The Morgan fingerprint density at radius 2 is 1.80 bits per heavy atom. The Kier molecular flexibility index (Phi) is 8.35. The number of unbranched alkanes of at least 4 members (excludes halogenated alkanes) is 1. The number of nitrogens with one attached hydrogen (secondary N) is 2. The summed E-state index contributed by atoms with van der Waals surface area (Å²) in [6.45, 7) is 5.45. The van der Waals surface area contributed by atoms with Gasteiger partial charge in [0.15, 0.2) is 0 Å². The minimum atomic E-state index is -1.09. The predicted octanol–water partition coefficient (Wildman–Crippen LogP) is 1.13. The predicted molar refractivity (Wildman–Crippen MR) is 73.3 cm³/mol. The first-order valence-corrected chi connectivity index (χ1v) is 6.71. The van der Waals surface area contributed by atoms with Crippen molar-refractivity contribution in [1.29, 1.82) is 0 Å². The number of aliphatic carboxylic acids is 1. The number of urea groups is 1. The summed E-state index contributed by atoms with van der Waals surface area (Å²) in [7, 11) is 1.23. The zero-order chi connectivity index (χ0) is 15.7. The van der Waals surface area contributed by atoms with Crippen LogP contribution in [0.2, 0.25) is 0 Å². The highest BCUT2D eigenvalue weighted by atomic mass is 16.5. The minimum Gasteiger partial charge on any atom is -0.480 e. The first-order chi connectivity index (χ1) is 9.33. The number of carboxylic acid groups (broad SMARTS) is 1. The van der Waals surface area contributed by atoms with Crippen molar-refractivity contribution in [3.63, 3.8) is 0 Å². The van der Waals surface area contributed by atoms with E-state index >= 15 is 0 Å². The van der Waals surface area contributed by atoms with Crippen molar-refractivity contribution < 1.29 is 24.2 Å². The van der Waals surface area contributed by atoms with E-state index in [-0.39, 0.29) is 5.92 Å². The Balaban J connectivity index is 4.56. The second-order valence-corrected chi connectivity index (χ2v) is 4.90. The van der Waals surface area contributed by atoms with Gasteiger partial charge in [0, 0.05) is 0 Å². The van der Waals surface area contributed by atoms with E-state index in [0.29, 0.717) is 12.8 Å². The lowest BCUT2D eigenvalue weighted by atomic mass is 10.1. The summed E-state index contributed by atoms with van der Waals surface area (Å²) >= 11 is 0. The van der Waals surface area contributed by atoms with Crippen LogP contribution in [0.25, 0.3) is 0 Å². The number of hydrogen-bond acceptors (Lipinski definition) is 4. The highest BCUT2D eigenvalue weighted by Gasteiger charge is 2.27. The first-order valence-electron chi connectivity index (χ1n) is 6.71. The molecule has 0 spiro atoms. The third kappa shape index (κ3) is 6.40. The van der Waals surface area contributed by atoms with Gasteiger partial charge in [0.25, 0.3) is 0 Å². The molecule has 0 aliphatic rings. The highest BCUT2D eigenvalue weighted by Crippen LogP contribution is 2.04. The fraction of sp³-hybridized carbons (Fsp3) is 0.769. The maximum absolute atomic E-state index is 11.8. The molecule has 0 aliphatic heterocycles. The molecule has 0 saturated heterocycles. The molecule has 0 radical (unpaired) electrons. The van der Waals surface area contributed by atoms with E-state index in [4.69, 9.17) is 5.11 Å². The molecule has 0 bridgehead atoms. The number of carbonyl (C=O) groups is 3. The molecule has 20 heavy (non-hydrogen) atoms. The number of rotatable bonds is 8. The van der Waals surface area contributed by atoms with Gasteiger partial charge < -0.3 is 20.5 Å². The van der Waals surface area contributed by atoms with Crippen LogP contribution in [0.5, 0.6) is 0 Å². The molecule has 0 aliphatic carbocycles. The average molecular weight is 288 g/mol. The van der Waals surface area contributed by atoms with Crippen molar-refractivity contribution in [1.82, 2.24) is 10.6 Å². The van der Waals surface area contributed by atoms with E-state index in [2.05, 4.69) is 15.4 Å². The normalized spacial score (nSPS) is 13.4. The van der Waals surface area contributed by atoms with Crippen LogP contribution in [-0.2, 0) is 14.3 Å². The molecule has 1 unspecified atom stereocenters. The fourth-order valence-corrected chi connectivity index (χ4v) is 1.63. The summed E-state index contributed by atoms with van der Waals surface area (Å²) in [6.07, 6.45) is 1.88. The lowest BCUT2D eigenvalue weighted by Crippen LogP contribution is -2.52. The second kappa shape index (κ2) is 9.17. The maximum atomic E-state index is 11.8. The smallest absolute Gasteiger partial charge is 0.328 e. The Morgan fingerprint density at radius 1 is 1.20 bits per heavy atom. The number of carboxylic acids is 1. The highest BCUT2D eigenvalue weighted by molar-refractivity contribution is 5.86. The number of esters is 1. The second-order valence-electron chi connectivity index (χ2n) is 4.90. The summed E-state index contributed by atoms with van der Waals surface area (Å²) in [5, 5.41) is 13.8. The molecular formula is C13H24N2O5. The van der Waals surface area contributed by atoms with Crippen molar-refractivity contribution in [2.24, 2.45) is 5.92 Å². The summed E-state index contributed by atoms with van der Waals surface area (Å²) in [5.74, 6) is -1.81. The molecule has 116 valence electrons. The van der Waals surface area contributed by atoms with Gasteiger partial charge in [0.05, 0.1) is 7.11 Å². The number of carbonyl (C=O) groups excluding carboxylic acids is 2. The van der Waals surface area contributed by atoms with Crippen LogP contribution >= 0.6 is 0 Å². The lowest BCUT2D eigenvalue weighted by Gasteiger charge is -2.21. The number of ether oxygens (including phenoxy) is 1. The van der Waals surface area contributed by atoms with Gasteiger partial charge in [0.1, 0.15) is 12.1 Å². The molecule has 7 heteroatoms. The van der Waals surface area contributed by atoms with E-state index in [1.54, 1.807) is 13.8 Å². The number of methoxy groups -OCH3 is 1. The van der Waals surface area contributed by atoms with Gasteiger partial charge in [-0.25, -0.2) is 14.4 Å². The van der Waals surface area contributed by atoms with E-state index in [1.165, 1.54) is 7.11 Å². The van der Waals surface area contributed by atoms with Crippen molar-refractivity contribution in [2.45, 2.75) is 52.1 Å². The molecule has 0 fully saturated rings. The van der Waals surface area contributed by atoms with Crippen LogP contribution in [-0.4, -0.2) is 42.3 Å². The molecule has 0 aromatic heterocycles. The quantitative estimate of drug-likeness (QED) is 0.581. The third-order valence-corrected chi connectivity index (χ3v) is 2.86. The summed E-state index contributed by atoms with van der Waals surface area (Å²) in [6, 6.07) is -2.45. The molecule has 3 N–H and O–H groups in total. The Bertz CT molecular complexity index is 344. The summed E-state index contributed by atoms with van der Waals surface area (Å²) in [4.78, 5) is 34.3. The van der Waals surface area contributed by atoms with Crippen molar-refractivity contribution in [2.75, 3.05) is 7.11 Å². The number of amides is 2. The fourth-order valence-electron chi connectivity index (χ4n) is 1.63. The molecule has 0 aromatic rings. The molecule has 0 saturated carbocycles. The molecule has 2 atom stereocenters. The van der Waals surface area contributed by atoms with Crippen LogP contribution < -0.4 is 10.6 Å². The standard InChI is InChI=1S/C13H24N2O5/c1-5-6-7-9(11(16)17)14-13(19)15-10(8(2)3)12(18)20-4/h8-10H,5-7H2,1-4H3,(H,16,17)(H2,14,15,19)/t9-,10?/m0/s1. The van der Waals surface area contributed by atoms with E-state index in [0.717, 1.165) is 6.42 Å². The third-order valence-electron chi connectivity index (χ3n) is 2.86. The zero-order valence-corrected chi connectivity index (χ0v) is 12.4. The van der Waals surface area contributed by atoms with Crippen molar-refractivity contribution in [3.05, 3.63) is 0 Å². The van der Waals surface area contributed by atoms with E-state index in [9.17, 15) is 14.4 Å². The zero-order valence-electron chi connectivity index (χ0n) is 12.4. The molecule has 0 heterocycles. The summed E-state index contributed by atoms with van der Waals surface area (Å²) < 4.78 is 4.59. The van der Waals surface area contributed by atoms with Crippen molar-refractivity contribution >= 4 is 18.0 Å². The Hall–Kier alpha value is -1.79. The van der Waals surface area contributed by atoms with Gasteiger partial charge >= 0.3 is 18.0 Å². The largest absolute Gasteiger partial charge is 0.480 e. The lowest BCUT2D eigenvalue weighted by molar-refractivity contribution is -0.144. The van der Waals surface area contributed by atoms with Gasteiger partial charge in [-0.2, -0.15) is 0 Å². The van der Waals surface area contributed by atoms with Gasteiger partial charge in [-0.15, -0.1) is 0 Å². The van der Waals surface area contributed by atoms with Crippen LogP contribution in [0.3, 0.4) is 0 Å². The van der Waals surface area contributed by atoms with Crippen LogP contribution in [0, 0.1) is 5.92 Å². The van der Waals surface area contributed by atoms with Crippen LogP contribution in [0.15, 0.2) is 0 Å². The van der Waals surface area contributed by atoms with Crippen molar-refractivity contribution in [3.8, 4) is 0 Å². The monoisotopic (exact) mass is 288 g/mol. The molecule has 0 aromatic carbocycles. The van der Waals surface area contributed by atoms with Gasteiger partial charge in [-0.3, -0.25) is 0 Å². The van der Waals surface area contributed by atoms with Gasteiger partial charge in [-0.1, -0.05) is 33.6 Å². The maximum Gasteiger partial charge on any atom is 0.328 e. The van der Waals surface area contributed by atoms with Crippen LogP contribution in [0.4, 0.5) is 4.79 Å². The topological polar surface area (TPSA) is 105 Å². The molecule has 2 amide bonds. The van der Waals surface area contributed by atoms with Crippen LogP contribution in [0.1, 0.15) is 40.0 Å². The average Bonchev–Trinajstić information content (AvgIpc) is 2.39. The number of hydrogen-bond donors (Lipinski definition) is 3. The van der Waals surface area contributed by atoms with E-state index in [1.807, 2.05) is 6.92 Å². The van der Waals surface area contributed by atoms with Gasteiger partial charge in [0.2, 0.25) is 0 Å². The Morgan fingerprint density at radius 3 is 2.20 bits per heavy atom. The summed E-state index contributed by atoms with van der Waals surface area (Å²) in [5.41, 5.74) is 0.